The van der Waals surface area contributed by atoms with Gasteiger partial charge in [-0.1, -0.05) is 6.92 Å². The van der Waals surface area contributed by atoms with Crippen LogP contribution in [-0.2, 0) is 14.3 Å². The van der Waals surface area contributed by atoms with Crippen molar-refractivity contribution >= 4 is 5.97 Å². The average Bonchev–Trinajstić information content (AvgIpc) is 2.03. The SMILES string of the molecule is CCC(C)(OC#N)C(=O)OC. The Morgan fingerprint density at radius 2 is 2.27 bits per heavy atom. The number of rotatable bonds is 3. The lowest BCUT2D eigenvalue weighted by molar-refractivity contribution is -0.160. The first kappa shape index (κ1) is 9.76. The Bertz CT molecular complexity index is 185. The fourth-order valence-electron chi connectivity index (χ4n) is 0.575. The van der Waals surface area contributed by atoms with E-state index in [4.69, 9.17) is 5.26 Å². The maximum absolute atomic E-state index is 11.0. The van der Waals surface area contributed by atoms with E-state index in [1.165, 1.54) is 20.3 Å². The van der Waals surface area contributed by atoms with Crippen LogP contribution < -0.4 is 0 Å². The number of carbonyl (C=O) groups is 1. The molecule has 0 aliphatic rings. The van der Waals surface area contributed by atoms with Crippen LogP contribution in [0.3, 0.4) is 0 Å². The van der Waals surface area contributed by atoms with Gasteiger partial charge in [0.15, 0.2) is 0 Å². The van der Waals surface area contributed by atoms with E-state index in [0.29, 0.717) is 6.42 Å². The Kier molecular flexibility index (Phi) is 3.38. The molecule has 0 spiro atoms. The number of hydrogen-bond acceptors (Lipinski definition) is 4. The molecule has 0 N–H and O–H groups in total. The Morgan fingerprint density at radius 1 is 1.73 bits per heavy atom. The average molecular weight is 157 g/mol. The highest BCUT2D eigenvalue weighted by atomic mass is 16.6. The molecule has 1 atom stereocenters. The quantitative estimate of drug-likeness (QED) is 0.449. The topological polar surface area (TPSA) is 59.3 Å². The lowest BCUT2D eigenvalue weighted by Crippen LogP contribution is -2.37. The summed E-state index contributed by atoms with van der Waals surface area (Å²) in [5.41, 5.74) is -1.12. The number of carbonyl (C=O) groups excluding carboxylic acids is 1. The summed E-state index contributed by atoms with van der Waals surface area (Å²) in [7, 11) is 1.26. The molecule has 0 aromatic carbocycles. The third-order valence-electron chi connectivity index (χ3n) is 1.56. The fourth-order valence-corrected chi connectivity index (χ4v) is 0.575. The highest BCUT2D eigenvalue weighted by Crippen LogP contribution is 2.15. The van der Waals surface area contributed by atoms with Gasteiger partial charge in [-0.25, -0.2) is 4.79 Å². The van der Waals surface area contributed by atoms with Gasteiger partial charge < -0.3 is 9.47 Å². The summed E-state index contributed by atoms with van der Waals surface area (Å²) < 4.78 is 9.01. The van der Waals surface area contributed by atoms with E-state index < -0.39 is 11.6 Å². The van der Waals surface area contributed by atoms with Gasteiger partial charge in [0.1, 0.15) is 0 Å². The van der Waals surface area contributed by atoms with E-state index in [2.05, 4.69) is 9.47 Å². The maximum atomic E-state index is 11.0. The molecule has 0 radical (unpaired) electrons. The second-order valence-electron chi connectivity index (χ2n) is 2.27. The van der Waals surface area contributed by atoms with Crippen molar-refractivity contribution in [3.05, 3.63) is 0 Å². The molecule has 0 rings (SSSR count). The van der Waals surface area contributed by atoms with E-state index in [0.717, 1.165) is 0 Å². The van der Waals surface area contributed by atoms with E-state index >= 15 is 0 Å². The fraction of sp³-hybridized carbons (Fsp3) is 0.714. The van der Waals surface area contributed by atoms with Crippen molar-refractivity contribution in [2.24, 2.45) is 0 Å². The summed E-state index contributed by atoms with van der Waals surface area (Å²) in [6.45, 7) is 3.26. The van der Waals surface area contributed by atoms with Crippen molar-refractivity contribution in [2.45, 2.75) is 25.9 Å². The summed E-state index contributed by atoms with van der Waals surface area (Å²) in [5.74, 6) is -0.526. The summed E-state index contributed by atoms with van der Waals surface area (Å²) >= 11 is 0. The Labute approximate surface area is 65.7 Å². The molecule has 11 heavy (non-hydrogen) atoms. The van der Waals surface area contributed by atoms with Crippen molar-refractivity contribution in [1.29, 1.82) is 5.26 Å². The monoisotopic (exact) mass is 157 g/mol. The molecule has 0 aliphatic carbocycles. The van der Waals surface area contributed by atoms with Gasteiger partial charge in [-0.2, -0.15) is 5.26 Å². The van der Waals surface area contributed by atoms with E-state index in [-0.39, 0.29) is 0 Å². The normalized spacial score (nSPS) is 14.4. The number of hydrogen-bond donors (Lipinski definition) is 0. The van der Waals surface area contributed by atoms with Crippen molar-refractivity contribution in [3.8, 4) is 6.26 Å². The van der Waals surface area contributed by atoms with Crippen LogP contribution in [0.1, 0.15) is 20.3 Å². The Hall–Kier alpha value is -1.24. The smallest absolute Gasteiger partial charge is 0.351 e. The second kappa shape index (κ2) is 3.81. The predicted molar refractivity (Wildman–Crippen MR) is 37.4 cm³/mol. The number of nitriles is 1. The highest BCUT2D eigenvalue weighted by Gasteiger charge is 2.34. The third-order valence-corrected chi connectivity index (χ3v) is 1.56. The molecule has 0 heterocycles. The summed E-state index contributed by atoms with van der Waals surface area (Å²) in [6, 6.07) is 0. The van der Waals surface area contributed by atoms with Gasteiger partial charge in [0.05, 0.1) is 7.11 Å². The first-order valence-corrected chi connectivity index (χ1v) is 3.26. The lowest BCUT2D eigenvalue weighted by atomic mass is 10.0. The lowest BCUT2D eigenvalue weighted by Gasteiger charge is -2.20. The van der Waals surface area contributed by atoms with Gasteiger partial charge in [-0.15, -0.1) is 0 Å². The molecule has 0 fully saturated rings. The maximum Gasteiger partial charge on any atom is 0.351 e. The number of nitrogens with zero attached hydrogens (tertiary/aromatic N) is 1. The zero-order valence-electron chi connectivity index (χ0n) is 6.88. The molecule has 0 aromatic heterocycles. The van der Waals surface area contributed by atoms with Crippen LogP contribution in [0.25, 0.3) is 0 Å². The minimum absolute atomic E-state index is 0.410. The molecule has 4 nitrogen and oxygen atoms in total. The zero-order valence-corrected chi connectivity index (χ0v) is 6.88. The molecule has 62 valence electrons. The van der Waals surface area contributed by atoms with Crippen molar-refractivity contribution in [1.82, 2.24) is 0 Å². The first-order valence-electron chi connectivity index (χ1n) is 3.26. The van der Waals surface area contributed by atoms with Crippen molar-refractivity contribution in [2.75, 3.05) is 7.11 Å². The van der Waals surface area contributed by atoms with Crippen molar-refractivity contribution in [3.63, 3.8) is 0 Å². The minimum Gasteiger partial charge on any atom is -0.466 e. The van der Waals surface area contributed by atoms with Gasteiger partial charge >= 0.3 is 5.97 Å². The molecule has 0 aromatic rings. The van der Waals surface area contributed by atoms with Crippen LogP contribution in [0.5, 0.6) is 0 Å². The van der Waals surface area contributed by atoms with Crippen molar-refractivity contribution < 1.29 is 14.3 Å². The first-order chi connectivity index (χ1) is 5.10. The Morgan fingerprint density at radius 3 is 2.55 bits per heavy atom. The molecule has 4 heteroatoms. The number of ether oxygens (including phenoxy) is 2. The molecule has 0 saturated carbocycles. The predicted octanol–water partition coefficient (Wildman–Crippen LogP) is 0.826. The molecule has 0 saturated heterocycles. The van der Waals surface area contributed by atoms with Crippen LogP contribution in [-0.4, -0.2) is 18.7 Å². The molecule has 0 bridgehead atoms. The summed E-state index contributed by atoms with van der Waals surface area (Å²) in [5, 5.41) is 8.20. The Balaban J connectivity index is 4.34. The molecule has 0 aliphatic heterocycles. The summed E-state index contributed by atoms with van der Waals surface area (Å²) in [4.78, 5) is 11.0. The van der Waals surface area contributed by atoms with Crippen LogP contribution in [0.2, 0.25) is 0 Å². The standard InChI is InChI=1S/C7H11NO3/c1-4-7(2,11-5-8)6(9)10-3/h4H2,1-3H3. The second-order valence-corrected chi connectivity index (χ2v) is 2.27. The molecule has 1 unspecified atom stereocenters. The zero-order chi connectivity index (χ0) is 8.91. The molecular weight excluding hydrogens is 146 g/mol. The van der Waals surface area contributed by atoms with E-state index in [9.17, 15) is 4.79 Å². The van der Waals surface area contributed by atoms with Crippen LogP contribution in [0, 0.1) is 11.5 Å². The largest absolute Gasteiger partial charge is 0.466 e. The minimum atomic E-state index is -1.12. The van der Waals surface area contributed by atoms with Gasteiger partial charge in [0, 0.05) is 0 Å². The van der Waals surface area contributed by atoms with Gasteiger partial charge in [0.25, 0.3) is 6.26 Å². The summed E-state index contributed by atoms with van der Waals surface area (Å²) in [6.07, 6.45) is 1.88. The molecule has 0 amide bonds. The number of methoxy groups -OCH3 is 1. The molecular formula is C7H11NO3. The van der Waals surface area contributed by atoms with E-state index in [1.807, 2.05) is 0 Å². The van der Waals surface area contributed by atoms with Gasteiger partial charge in [-0.05, 0) is 13.3 Å². The van der Waals surface area contributed by atoms with Gasteiger partial charge in [0.2, 0.25) is 5.60 Å². The third kappa shape index (κ3) is 2.11. The number of esters is 1. The highest BCUT2D eigenvalue weighted by molar-refractivity contribution is 5.78. The van der Waals surface area contributed by atoms with Crippen LogP contribution in [0.4, 0.5) is 0 Å². The van der Waals surface area contributed by atoms with Gasteiger partial charge in [-0.3, -0.25) is 0 Å². The van der Waals surface area contributed by atoms with E-state index in [1.54, 1.807) is 6.92 Å². The van der Waals surface area contributed by atoms with Crippen LogP contribution >= 0.6 is 0 Å². The van der Waals surface area contributed by atoms with Crippen LogP contribution in [0.15, 0.2) is 0 Å².